The molecule has 0 aromatic heterocycles. The molecule has 2 atom stereocenters. The summed E-state index contributed by atoms with van der Waals surface area (Å²) in [5.74, 6) is -0.727. The lowest BCUT2D eigenvalue weighted by molar-refractivity contribution is -0.161. The second kappa shape index (κ2) is 8.99. The van der Waals surface area contributed by atoms with Crippen LogP contribution in [0.1, 0.15) is 68.7 Å². The zero-order valence-electron chi connectivity index (χ0n) is 17.5. The standard InChI is InChI=1S/C25H29FN2O2/c1-18(19-11-5-4-6-12-19)28-23(29)17-27(20-13-7-2-3-8-14-20)25(30)24(28)21-15-9-10-16-22(21)26/h4-6,9-12,15-16,18,20,24H,2-3,7-8,13-14,17H2,1H3/t18-,24+/m1/s1. The molecule has 2 amide bonds. The van der Waals surface area contributed by atoms with Gasteiger partial charge in [0, 0.05) is 11.6 Å². The first kappa shape index (κ1) is 20.6. The molecule has 1 aliphatic carbocycles. The van der Waals surface area contributed by atoms with Crippen molar-refractivity contribution in [3.05, 3.63) is 71.5 Å². The molecule has 2 fully saturated rings. The first-order valence-corrected chi connectivity index (χ1v) is 11.0. The summed E-state index contributed by atoms with van der Waals surface area (Å²) in [4.78, 5) is 30.5. The maximum Gasteiger partial charge on any atom is 0.250 e. The Morgan fingerprint density at radius 3 is 2.20 bits per heavy atom. The van der Waals surface area contributed by atoms with E-state index in [-0.39, 0.29) is 36.0 Å². The Hall–Kier alpha value is -2.69. The minimum absolute atomic E-state index is 0.0624. The van der Waals surface area contributed by atoms with Crippen molar-refractivity contribution in [2.24, 2.45) is 0 Å². The lowest BCUT2D eigenvalue weighted by Crippen LogP contribution is -2.58. The van der Waals surface area contributed by atoms with E-state index in [9.17, 15) is 14.0 Å². The molecule has 0 radical (unpaired) electrons. The van der Waals surface area contributed by atoms with Gasteiger partial charge in [0.25, 0.3) is 5.91 Å². The van der Waals surface area contributed by atoms with Crippen LogP contribution in [0, 0.1) is 5.82 Å². The molecule has 5 heteroatoms. The molecule has 2 aromatic rings. The number of benzene rings is 2. The first-order valence-electron chi connectivity index (χ1n) is 11.0. The summed E-state index contributed by atoms with van der Waals surface area (Å²) >= 11 is 0. The van der Waals surface area contributed by atoms with Crippen LogP contribution < -0.4 is 0 Å². The van der Waals surface area contributed by atoms with Crippen LogP contribution in [0.3, 0.4) is 0 Å². The fourth-order valence-electron chi connectivity index (χ4n) is 4.92. The summed E-state index contributed by atoms with van der Waals surface area (Å²) in [6, 6.07) is 14.8. The Morgan fingerprint density at radius 2 is 1.53 bits per heavy atom. The number of hydrogen-bond donors (Lipinski definition) is 0. The molecule has 0 unspecified atom stereocenters. The van der Waals surface area contributed by atoms with Gasteiger partial charge in [-0.25, -0.2) is 4.39 Å². The van der Waals surface area contributed by atoms with E-state index in [1.165, 1.54) is 18.9 Å². The summed E-state index contributed by atoms with van der Waals surface area (Å²) in [6.45, 7) is 1.99. The van der Waals surface area contributed by atoms with Crippen LogP contribution in [0.4, 0.5) is 4.39 Å². The number of piperazine rings is 1. The molecule has 1 saturated carbocycles. The summed E-state index contributed by atoms with van der Waals surface area (Å²) in [6.07, 6.45) is 6.30. The first-order chi connectivity index (χ1) is 14.6. The molecular weight excluding hydrogens is 379 g/mol. The van der Waals surface area contributed by atoms with Crippen molar-refractivity contribution in [3.63, 3.8) is 0 Å². The molecule has 2 aliphatic rings. The molecule has 1 saturated heterocycles. The minimum Gasteiger partial charge on any atom is -0.328 e. The molecule has 0 bridgehead atoms. The lowest BCUT2D eigenvalue weighted by Gasteiger charge is -2.46. The van der Waals surface area contributed by atoms with Crippen molar-refractivity contribution in [2.75, 3.05) is 6.54 Å². The van der Waals surface area contributed by atoms with Gasteiger partial charge in [-0.2, -0.15) is 0 Å². The maximum atomic E-state index is 14.8. The monoisotopic (exact) mass is 408 g/mol. The number of nitrogens with zero attached hydrogens (tertiary/aromatic N) is 2. The summed E-state index contributed by atoms with van der Waals surface area (Å²) in [5, 5.41) is 0. The van der Waals surface area contributed by atoms with Crippen molar-refractivity contribution in [3.8, 4) is 0 Å². The SMILES string of the molecule is C[C@H](c1ccccc1)N1C(=O)CN(C2CCCCCC2)C(=O)[C@@H]1c1ccccc1F. The molecule has 1 aliphatic heterocycles. The average Bonchev–Trinajstić information content (AvgIpc) is 3.05. The van der Waals surface area contributed by atoms with Crippen LogP contribution in [0.5, 0.6) is 0 Å². The Labute approximate surface area is 177 Å². The van der Waals surface area contributed by atoms with Gasteiger partial charge in [-0.1, -0.05) is 74.2 Å². The van der Waals surface area contributed by atoms with Crippen molar-refractivity contribution >= 4 is 11.8 Å². The topological polar surface area (TPSA) is 40.6 Å². The van der Waals surface area contributed by atoms with E-state index in [1.54, 1.807) is 28.0 Å². The maximum absolute atomic E-state index is 14.8. The highest BCUT2D eigenvalue weighted by Crippen LogP contribution is 2.38. The second-order valence-corrected chi connectivity index (χ2v) is 8.42. The number of rotatable bonds is 4. The molecule has 158 valence electrons. The third-order valence-corrected chi connectivity index (χ3v) is 6.55. The summed E-state index contributed by atoms with van der Waals surface area (Å²) < 4.78 is 14.8. The minimum atomic E-state index is -0.939. The van der Waals surface area contributed by atoms with Gasteiger partial charge < -0.3 is 9.80 Å². The van der Waals surface area contributed by atoms with E-state index in [0.717, 1.165) is 31.2 Å². The van der Waals surface area contributed by atoms with Gasteiger partial charge in [-0.15, -0.1) is 0 Å². The molecule has 30 heavy (non-hydrogen) atoms. The Balaban J connectivity index is 1.73. The molecule has 1 heterocycles. The Bertz CT molecular complexity index is 893. The van der Waals surface area contributed by atoms with Crippen molar-refractivity contribution in [1.82, 2.24) is 9.80 Å². The van der Waals surface area contributed by atoms with E-state index < -0.39 is 11.9 Å². The van der Waals surface area contributed by atoms with Crippen LogP contribution in [0.25, 0.3) is 0 Å². The van der Waals surface area contributed by atoms with E-state index in [0.29, 0.717) is 0 Å². The van der Waals surface area contributed by atoms with E-state index in [4.69, 9.17) is 0 Å². The Kier molecular flexibility index (Phi) is 6.16. The molecule has 0 spiro atoms. The van der Waals surface area contributed by atoms with Gasteiger partial charge in [0.2, 0.25) is 5.91 Å². The van der Waals surface area contributed by atoms with Gasteiger partial charge in [0.15, 0.2) is 0 Å². The smallest absolute Gasteiger partial charge is 0.250 e. The van der Waals surface area contributed by atoms with Crippen LogP contribution in [-0.4, -0.2) is 34.2 Å². The van der Waals surface area contributed by atoms with Gasteiger partial charge in [-0.3, -0.25) is 9.59 Å². The third kappa shape index (κ3) is 3.98. The van der Waals surface area contributed by atoms with Gasteiger partial charge >= 0.3 is 0 Å². The highest BCUT2D eigenvalue weighted by molar-refractivity contribution is 5.96. The third-order valence-electron chi connectivity index (χ3n) is 6.55. The number of carbonyl (C=O) groups is 2. The van der Waals surface area contributed by atoms with Gasteiger partial charge in [0.05, 0.1) is 6.04 Å². The fourth-order valence-corrected chi connectivity index (χ4v) is 4.92. The predicted octanol–water partition coefficient (Wildman–Crippen LogP) is 5.02. The predicted molar refractivity (Wildman–Crippen MR) is 114 cm³/mol. The van der Waals surface area contributed by atoms with E-state index in [1.807, 2.05) is 37.3 Å². The summed E-state index contributed by atoms with van der Waals surface area (Å²) in [7, 11) is 0. The van der Waals surface area contributed by atoms with Crippen LogP contribution in [0.2, 0.25) is 0 Å². The van der Waals surface area contributed by atoms with Crippen molar-refractivity contribution in [1.29, 1.82) is 0 Å². The largest absolute Gasteiger partial charge is 0.328 e. The summed E-state index contributed by atoms with van der Waals surface area (Å²) in [5.41, 5.74) is 1.21. The van der Waals surface area contributed by atoms with Crippen LogP contribution in [-0.2, 0) is 9.59 Å². The number of amides is 2. The van der Waals surface area contributed by atoms with Crippen LogP contribution in [0.15, 0.2) is 54.6 Å². The quantitative estimate of drug-likeness (QED) is 0.667. The van der Waals surface area contributed by atoms with Crippen LogP contribution >= 0.6 is 0 Å². The molecule has 0 N–H and O–H groups in total. The second-order valence-electron chi connectivity index (χ2n) is 8.42. The van der Waals surface area contributed by atoms with Gasteiger partial charge in [0.1, 0.15) is 18.4 Å². The number of halogens is 1. The average molecular weight is 409 g/mol. The lowest BCUT2D eigenvalue weighted by atomic mass is 9.94. The Morgan fingerprint density at radius 1 is 0.900 bits per heavy atom. The normalized spacial score (nSPS) is 22.1. The molecule has 4 nitrogen and oxygen atoms in total. The molecular formula is C25H29FN2O2. The number of hydrogen-bond acceptors (Lipinski definition) is 2. The van der Waals surface area contributed by atoms with Crippen molar-refractivity contribution in [2.45, 2.75) is 63.6 Å². The molecule has 2 aromatic carbocycles. The highest BCUT2D eigenvalue weighted by atomic mass is 19.1. The zero-order chi connectivity index (χ0) is 21.1. The zero-order valence-corrected chi connectivity index (χ0v) is 17.5. The van der Waals surface area contributed by atoms with E-state index >= 15 is 0 Å². The highest BCUT2D eigenvalue weighted by Gasteiger charge is 2.45. The van der Waals surface area contributed by atoms with Crippen molar-refractivity contribution < 1.29 is 14.0 Å². The number of carbonyl (C=O) groups excluding carboxylic acids is 2. The molecule has 4 rings (SSSR count). The van der Waals surface area contributed by atoms with E-state index in [2.05, 4.69) is 0 Å². The fraction of sp³-hybridized carbons (Fsp3) is 0.440. The van der Waals surface area contributed by atoms with Gasteiger partial charge in [-0.05, 0) is 31.4 Å².